The first-order valence-electron chi connectivity index (χ1n) is 31.0. The number of hydrogen-bond donors (Lipinski definition) is 2. The summed E-state index contributed by atoms with van der Waals surface area (Å²) in [7, 11) is 1.49. The van der Waals surface area contributed by atoms with Crippen molar-refractivity contribution in [2.45, 2.75) is 303 Å². The molecular weight excluding hydrogens is 928 g/mol. The van der Waals surface area contributed by atoms with Gasteiger partial charge in [0, 0.05) is 12.8 Å². The van der Waals surface area contributed by atoms with Crippen molar-refractivity contribution in [2.75, 3.05) is 40.9 Å². The Kier molecular flexibility index (Phi) is 51.9. The number of esters is 1. The van der Waals surface area contributed by atoms with E-state index in [9.17, 15) is 19.0 Å². The first-order chi connectivity index (χ1) is 35.4. The summed E-state index contributed by atoms with van der Waals surface area (Å²) in [6, 6.07) is -0.855. The van der Waals surface area contributed by atoms with Crippen LogP contribution in [0.15, 0.2) is 48.6 Å². The molecule has 0 rings (SSSR count). The number of amides is 1. The van der Waals surface area contributed by atoms with E-state index in [0.29, 0.717) is 23.9 Å². The molecule has 428 valence electrons. The normalized spacial score (nSPS) is 14.0. The minimum atomic E-state index is -4.45. The van der Waals surface area contributed by atoms with Crippen LogP contribution in [-0.2, 0) is 27.9 Å². The number of quaternary nitrogens is 1. The van der Waals surface area contributed by atoms with Crippen LogP contribution in [0.2, 0.25) is 0 Å². The van der Waals surface area contributed by atoms with Gasteiger partial charge in [0.2, 0.25) is 5.91 Å². The zero-order valence-corrected chi connectivity index (χ0v) is 49.8. The maximum atomic E-state index is 13.5. The second kappa shape index (κ2) is 53.4. The van der Waals surface area contributed by atoms with Crippen LogP contribution in [0.4, 0.5) is 0 Å². The van der Waals surface area contributed by atoms with Crippen molar-refractivity contribution in [3.63, 3.8) is 0 Å². The molecule has 0 saturated carbocycles. The fraction of sp³-hybridized carbons (Fsp3) is 0.841. The number of allylic oxidation sites excluding steroid dienone is 7. The third-order valence-corrected chi connectivity index (χ3v) is 14.8. The van der Waals surface area contributed by atoms with E-state index in [1.54, 1.807) is 0 Å². The molecule has 3 atom stereocenters. The van der Waals surface area contributed by atoms with E-state index in [4.69, 9.17) is 13.8 Å². The maximum Gasteiger partial charge on any atom is 0.472 e. The Labute approximate surface area is 452 Å². The molecule has 1 amide bonds. The number of hydrogen-bond acceptors (Lipinski definition) is 6. The predicted octanol–water partition coefficient (Wildman–Crippen LogP) is 18.9. The summed E-state index contributed by atoms with van der Waals surface area (Å²) in [6.07, 6.45) is 65.3. The van der Waals surface area contributed by atoms with Gasteiger partial charge in [-0.1, -0.05) is 256 Å². The van der Waals surface area contributed by atoms with E-state index >= 15 is 0 Å². The smallest absolute Gasteiger partial charge is 0.456 e. The van der Waals surface area contributed by atoms with Crippen LogP contribution in [-0.4, -0.2) is 74.3 Å². The van der Waals surface area contributed by atoms with Gasteiger partial charge in [0.05, 0.1) is 33.8 Å². The summed E-state index contributed by atoms with van der Waals surface area (Å²) >= 11 is 0. The van der Waals surface area contributed by atoms with Gasteiger partial charge in [-0.25, -0.2) is 4.57 Å². The van der Waals surface area contributed by atoms with Gasteiger partial charge in [-0.2, -0.15) is 0 Å². The van der Waals surface area contributed by atoms with Crippen LogP contribution in [0.25, 0.3) is 0 Å². The second-order valence-corrected chi connectivity index (χ2v) is 23.7. The summed E-state index contributed by atoms with van der Waals surface area (Å²) in [5.41, 5.74) is 0. The van der Waals surface area contributed by atoms with Crippen molar-refractivity contribution >= 4 is 19.7 Å². The van der Waals surface area contributed by atoms with Crippen LogP contribution < -0.4 is 5.32 Å². The standard InChI is InChI=1S/C63H119N2O7P/c1-7-10-13-16-19-22-25-28-30-32-34-37-40-43-46-49-52-55-62(66)64-60(59-71-73(68,69)70-58-57-65(4,5)6)61(54-51-48-45-42-39-36-27-24-21-18-15-12-9-3)72-63(67)56-53-50-47-44-41-38-35-33-31-29-26-23-20-17-14-11-8-2/h20,23,29,31,35,38,51,54,60-61H,7-19,21-22,24-28,30,32-34,36-37,39-50,52-53,55-59H2,1-6H3,(H-,64,66,68,69)/p+1/b23-20-,31-29-,38-35-,54-51+. The van der Waals surface area contributed by atoms with E-state index < -0.39 is 20.0 Å². The molecule has 0 fully saturated rings. The summed E-state index contributed by atoms with van der Waals surface area (Å²) in [5.74, 6) is -0.519. The number of nitrogens with one attached hydrogen (secondary N) is 1. The lowest BCUT2D eigenvalue weighted by Gasteiger charge is -2.27. The Morgan fingerprint density at radius 1 is 0.479 bits per heavy atom. The molecule has 0 spiro atoms. The molecule has 0 aromatic carbocycles. The number of carbonyl (C=O) groups is 2. The number of likely N-dealkylation sites (N-methyl/N-ethyl adjacent to an activating group) is 1. The molecule has 0 aromatic rings. The first-order valence-corrected chi connectivity index (χ1v) is 32.5. The fourth-order valence-electron chi connectivity index (χ4n) is 8.95. The van der Waals surface area contributed by atoms with Gasteiger partial charge >= 0.3 is 13.8 Å². The Hall–Kier alpha value is -2.03. The molecule has 0 saturated heterocycles. The highest BCUT2D eigenvalue weighted by molar-refractivity contribution is 7.47. The summed E-state index contributed by atoms with van der Waals surface area (Å²) in [5, 5.41) is 3.06. The van der Waals surface area contributed by atoms with Gasteiger partial charge in [0.25, 0.3) is 0 Å². The molecular formula is C63H120N2O7P+. The van der Waals surface area contributed by atoms with Gasteiger partial charge in [-0.05, 0) is 70.3 Å². The average Bonchev–Trinajstić information content (AvgIpc) is 3.35. The molecule has 10 heteroatoms. The highest BCUT2D eigenvalue weighted by atomic mass is 31.2. The lowest BCUT2D eigenvalue weighted by Crippen LogP contribution is -2.47. The van der Waals surface area contributed by atoms with E-state index in [0.717, 1.165) is 77.0 Å². The molecule has 2 N–H and O–H groups in total. The largest absolute Gasteiger partial charge is 0.472 e. The molecule has 73 heavy (non-hydrogen) atoms. The number of unbranched alkanes of at least 4 members (excludes halogenated alkanes) is 34. The molecule has 0 aliphatic rings. The lowest BCUT2D eigenvalue weighted by atomic mass is 10.0. The number of ether oxygens (including phenoxy) is 1. The second-order valence-electron chi connectivity index (χ2n) is 22.2. The van der Waals surface area contributed by atoms with Gasteiger partial charge in [-0.15, -0.1) is 0 Å². The van der Waals surface area contributed by atoms with E-state index in [2.05, 4.69) is 62.5 Å². The summed E-state index contributed by atoms with van der Waals surface area (Å²) in [6.45, 7) is 7.00. The number of phosphoric ester groups is 1. The van der Waals surface area contributed by atoms with Crippen molar-refractivity contribution in [3.8, 4) is 0 Å². The minimum absolute atomic E-state index is 0.0376. The number of rotatable bonds is 56. The van der Waals surface area contributed by atoms with Crippen LogP contribution in [0.5, 0.6) is 0 Å². The SMILES string of the molecule is CCCCC/C=C\C/C=C\C/C=C\CCCCCCC(=O)OC(/C=C/CCCCCCCCCCCCC)C(COP(=O)(O)OCC[N+](C)(C)C)NC(=O)CCCCCCCCCCCCCCCCCCC. The Balaban J connectivity index is 5.33. The number of carbonyl (C=O) groups excluding carboxylic acids is 2. The zero-order chi connectivity index (χ0) is 53.6. The number of phosphoric acid groups is 1. The third kappa shape index (κ3) is 54.6. The molecule has 0 heterocycles. The Bertz CT molecular complexity index is 1390. The quantitative estimate of drug-likeness (QED) is 0.0205. The van der Waals surface area contributed by atoms with Crippen molar-refractivity contribution in [3.05, 3.63) is 48.6 Å². The fourth-order valence-corrected chi connectivity index (χ4v) is 9.68. The molecule has 0 aromatic heterocycles. The van der Waals surface area contributed by atoms with Gasteiger partial charge in [0.1, 0.15) is 19.3 Å². The minimum Gasteiger partial charge on any atom is -0.456 e. The maximum absolute atomic E-state index is 13.5. The molecule has 0 radical (unpaired) electrons. The van der Waals surface area contributed by atoms with Crippen molar-refractivity contribution in [1.29, 1.82) is 0 Å². The monoisotopic (exact) mass is 1050 g/mol. The summed E-state index contributed by atoms with van der Waals surface area (Å²) < 4.78 is 30.7. The van der Waals surface area contributed by atoms with Crippen molar-refractivity contribution < 1.29 is 37.3 Å². The zero-order valence-electron chi connectivity index (χ0n) is 48.9. The van der Waals surface area contributed by atoms with E-state index in [1.165, 1.54) is 173 Å². The highest BCUT2D eigenvalue weighted by Gasteiger charge is 2.30. The topological polar surface area (TPSA) is 111 Å². The van der Waals surface area contributed by atoms with Crippen molar-refractivity contribution in [1.82, 2.24) is 5.32 Å². The van der Waals surface area contributed by atoms with Crippen LogP contribution in [0, 0.1) is 0 Å². The van der Waals surface area contributed by atoms with E-state index in [-0.39, 0.29) is 31.5 Å². The Morgan fingerprint density at radius 3 is 1.27 bits per heavy atom. The van der Waals surface area contributed by atoms with Crippen molar-refractivity contribution in [2.24, 2.45) is 0 Å². The number of nitrogens with zero attached hydrogens (tertiary/aromatic N) is 1. The molecule has 0 aliphatic heterocycles. The van der Waals surface area contributed by atoms with Crippen LogP contribution >= 0.6 is 7.82 Å². The van der Waals surface area contributed by atoms with Gasteiger partial charge in [0.15, 0.2) is 0 Å². The molecule has 0 bridgehead atoms. The first kappa shape index (κ1) is 71.0. The highest BCUT2D eigenvalue weighted by Crippen LogP contribution is 2.43. The Morgan fingerprint density at radius 2 is 0.836 bits per heavy atom. The molecule has 3 unspecified atom stereocenters. The lowest BCUT2D eigenvalue weighted by molar-refractivity contribution is -0.870. The van der Waals surface area contributed by atoms with Crippen LogP contribution in [0.3, 0.4) is 0 Å². The average molecular weight is 1050 g/mol. The predicted molar refractivity (Wildman–Crippen MR) is 314 cm³/mol. The van der Waals surface area contributed by atoms with Crippen LogP contribution in [0.1, 0.15) is 290 Å². The molecule has 9 nitrogen and oxygen atoms in total. The van der Waals surface area contributed by atoms with Gasteiger partial charge in [-0.3, -0.25) is 18.6 Å². The molecule has 0 aliphatic carbocycles. The summed E-state index contributed by atoms with van der Waals surface area (Å²) in [4.78, 5) is 37.7. The van der Waals surface area contributed by atoms with E-state index in [1.807, 2.05) is 33.3 Å². The van der Waals surface area contributed by atoms with Gasteiger partial charge < -0.3 is 19.4 Å². The third-order valence-electron chi connectivity index (χ3n) is 13.8.